The second kappa shape index (κ2) is 13.0. The monoisotopic (exact) mass is 356 g/mol. The normalized spacial score (nSPS) is 17.2. The van der Waals surface area contributed by atoms with E-state index in [4.69, 9.17) is 4.74 Å². The van der Waals surface area contributed by atoms with Crippen LogP contribution in [0.25, 0.3) is 0 Å². The summed E-state index contributed by atoms with van der Waals surface area (Å²) in [7, 11) is 1.73. The molecule has 0 saturated carbocycles. The summed E-state index contributed by atoms with van der Waals surface area (Å²) in [6, 6.07) is 8.55. The number of benzene rings is 1. The smallest absolute Gasteiger partial charge is 0.118 e. The number of ether oxygens (including phenoxy) is 1. The van der Waals surface area contributed by atoms with Gasteiger partial charge in [0.25, 0.3) is 0 Å². The maximum absolute atomic E-state index is 5.23. The van der Waals surface area contributed by atoms with Crippen molar-refractivity contribution in [1.82, 2.24) is 0 Å². The van der Waals surface area contributed by atoms with Crippen LogP contribution in [0.4, 0.5) is 0 Å². The Bertz CT molecular complexity index is 499. The summed E-state index contributed by atoms with van der Waals surface area (Å²) in [5.74, 6) is 1.91. The first kappa shape index (κ1) is 21.1. The summed E-state index contributed by atoms with van der Waals surface area (Å²) in [5.41, 5.74) is 3.11. The lowest BCUT2D eigenvalue weighted by Gasteiger charge is -2.22. The first-order chi connectivity index (χ1) is 12.8. The summed E-state index contributed by atoms with van der Waals surface area (Å²) < 4.78 is 5.23. The van der Waals surface area contributed by atoms with Crippen LogP contribution in [-0.4, -0.2) is 7.11 Å². The molecule has 1 atom stereocenters. The van der Waals surface area contributed by atoms with Crippen molar-refractivity contribution in [1.29, 1.82) is 0 Å². The lowest BCUT2D eigenvalue weighted by Crippen LogP contribution is -2.06. The largest absolute Gasteiger partial charge is 0.497 e. The van der Waals surface area contributed by atoms with Crippen LogP contribution in [0.1, 0.15) is 96.0 Å². The number of unbranched alkanes of at least 4 members (excludes halogenated alkanes) is 7. The second-order valence-electron chi connectivity index (χ2n) is 8.11. The third-order valence-corrected chi connectivity index (χ3v) is 5.97. The molecule has 1 aromatic carbocycles. The van der Waals surface area contributed by atoms with E-state index in [0.29, 0.717) is 0 Å². The molecule has 0 spiro atoms. The Balaban J connectivity index is 1.53. The van der Waals surface area contributed by atoms with Gasteiger partial charge in [0.05, 0.1) is 7.11 Å². The van der Waals surface area contributed by atoms with E-state index in [0.717, 1.165) is 11.7 Å². The second-order valence-corrected chi connectivity index (χ2v) is 8.11. The molecule has 146 valence electrons. The van der Waals surface area contributed by atoms with E-state index in [-0.39, 0.29) is 0 Å². The van der Waals surface area contributed by atoms with E-state index in [1.807, 2.05) is 0 Å². The molecule has 1 aliphatic carbocycles. The van der Waals surface area contributed by atoms with Gasteiger partial charge in [0.2, 0.25) is 0 Å². The Labute approximate surface area is 162 Å². The highest BCUT2D eigenvalue weighted by molar-refractivity contribution is 5.27. The SMILES string of the molecule is CCCCCCCCCCC1CC=C(CCc2ccc(OC)cc2)CC1. The van der Waals surface area contributed by atoms with Gasteiger partial charge in [-0.1, -0.05) is 88.5 Å². The van der Waals surface area contributed by atoms with Crippen LogP contribution in [0.2, 0.25) is 0 Å². The number of allylic oxidation sites excluding steroid dienone is 2. The van der Waals surface area contributed by atoms with Gasteiger partial charge in [0.1, 0.15) is 5.75 Å². The summed E-state index contributed by atoms with van der Waals surface area (Å²) in [5, 5.41) is 0. The van der Waals surface area contributed by atoms with Crippen LogP contribution in [0, 0.1) is 5.92 Å². The highest BCUT2D eigenvalue weighted by atomic mass is 16.5. The third kappa shape index (κ3) is 8.43. The topological polar surface area (TPSA) is 9.23 Å². The Kier molecular flexibility index (Phi) is 10.5. The first-order valence-corrected chi connectivity index (χ1v) is 11.1. The molecule has 26 heavy (non-hydrogen) atoms. The molecule has 1 heteroatoms. The van der Waals surface area contributed by atoms with Crippen LogP contribution in [0.5, 0.6) is 5.75 Å². The number of methoxy groups -OCH3 is 1. The van der Waals surface area contributed by atoms with Gasteiger partial charge in [-0.05, 0) is 55.7 Å². The summed E-state index contributed by atoms with van der Waals surface area (Å²) in [6.07, 6.45) is 22.0. The van der Waals surface area contributed by atoms with Gasteiger partial charge in [-0.25, -0.2) is 0 Å². The number of hydrogen-bond acceptors (Lipinski definition) is 1. The van der Waals surface area contributed by atoms with E-state index in [1.165, 1.54) is 95.5 Å². The molecule has 0 bridgehead atoms. The van der Waals surface area contributed by atoms with Crippen LogP contribution >= 0.6 is 0 Å². The molecule has 1 nitrogen and oxygen atoms in total. The zero-order chi connectivity index (χ0) is 18.5. The minimum absolute atomic E-state index is 0.953. The molecule has 2 rings (SSSR count). The van der Waals surface area contributed by atoms with E-state index < -0.39 is 0 Å². The van der Waals surface area contributed by atoms with Gasteiger partial charge in [-0.3, -0.25) is 0 Å². The molecule has 1 aromatic rings. The lowest BCUT2D eigenvalue weighted by atomic mass is 9.84. The first-order valence-electron chi connectivity index (χ1n) is 11.1. The van der Waals surface area contributed by atoms with Crippen molar-refractivity contribution >= 4 is 0 Å². The predicted molar refractivity (Wildman–Crippen MR) is 114 cm³/mol. The van der Waals surface area contributed by atoms with E-state index >= 15 is 0 Å². The Hall–Kier alpha value is -1.24. The van der Waals surface area contributed by atoms with Crippen molar-refractivity contribution < 1.29 is 4.74 Å². The fourth-order valence-corrected chi connectivity index (χ4v) is 4.10. The molecule has 1 aliphatic rings. The van der Waals surface area contributed by atoms with Crippen molar-refractivity contribution in [2.75, 3.05) is 7.11 Å². The van der Waals surface area contributed by atoms with E-state index in [1.54, 1.807) is 12.7 Å². The van der Waals surface area contributed by atoms with Crippen LogP contribution in [-0.2, 0) is 6.42 Å². The van der Waals surface area contributed by atoms with Gasteiger partial charge < -0.3 is 4.74 Å². The summed E-state index contributed by atoms with van der Waals surface area (Å²) in [6.45, 7) is 2.29. The molecule has 1 unspecified atom stereocenters. The van der Waals surface area contributed by atoms with Gasteiger partial charge >= 0.3 is 0 Å². The highest BCUT2D eigenvalue weighted by Crippen LogP contribution is 2.30. The average Bonchev–Trinajstić information content (AvgIpc) is 2.69. The van der Waals surface area contributed by atoms with Crippen molar-refractivity contribution in [3.05, 3.63) is 41.5 Å². The zero-order valence-corrected chi connectivity index (χ0v) is 17.3. The molecule has 0 N–H and O–H groups in total. The Morgan fingerprint density at radius 2 is 1.58 bits per heavy atom. The van der Waals surface area contributed by atoms with Crippen molar-refractivity contribution in [2.45, 2.75) is 96.8 Å². The van der Waals surface area contributed by atoms with Gasteiger partial charge in [-0.15, -0.1) is 0 Å². The molecule has 0 radical (unpaired) electrons. The van der Waals surface area contributed by atoms with Crippen molar-refractivity contribution in [3.63, 3.8) is 0 Å². The minimum atomic E-state index is 0.953. The average molecular weight is 357 g/mol. The maximum Gasteiger partial charge on any atom is 0.118 e. The standard InChI is InChI=1S/C25H40O/c1-3-4-5-6-7-8-9-10-11-22-12-14-23(15-13-22)16-17-24-18-20-25(26-2)21-19-24/h14,18-22H,3-13,15-17H2,1-2H3. The van der Waals surface area contributed by atoms with Crippen LogP contribution in [0.15, 0.2) is 35.9 Å². The molecule has 0 saturated heterocycles. The summed E-state index contributed by atoms with van der Waals surface area (Å²) in [4.78, 5) is 0. The Morgan fingerprint density at radius 3 is 2.19 bits per heavy atom. The van der Waals surface area contributed by atoms with Crippen molar-refractivity contribution in [3.8, 4) is 5.75 Å². The molecule has 0 aliphatic heterocycles. The predicted octanol–water partition coefficient (Wildman–Crippen LogP) is 7.89. The van der Waals surface area contributed by atoms with E-state index in [2.05, 4.69) is 37.3 Å². The summed E-state index contributed by atoms with van der Waals surface area (Å²) >= 11 is 0. The molecule has 0 aromatic heterocycles. The minimum Gasteiger partial charge on any atom is -0.497 e. The lowest BCUT2D eigenvalue weighted by molar-refractivity contribution is 0.408. The van der Waals surface area contributed by atoms with Gasteiger partial charge in [0, 0.05) is 0 Å². The maximum atomic E-state index is 5.23. The molecule has 0 fully saturated rings. The Morgan fingerprint density at radius 1 is 0.885 bits per heavy atom. The number of hydrogen-bond donors (Lipinski definition) is 0. The quantitative estimate of drug-likeness (QED) is 0.258. The fraction of sp³-hybridized carbons (Fsp3) is 0.680. The fourth-order valence-electron chi connectivity index (χ4n) is 4.10. The van der Waals surface area contributed by atoms with Crippen molar-refractivity contribution in [2.24, 2.45) is 5.92 Å². The molecule has 0 amide bonds. The van der Waals surface area contributed by atoms with Crippen LogP contribution < -0.4 is 4.74 Å². The van der Waals surface area contributed by atoms with Gasteiger partial charge in [-0.2, -0.15) is 0 Å². The third-order valence-electron chi connectivity index (χ3n) is 5.97. The molecular formula is C25H40O. The number of aryl methyl sites for hydroxylation is 1. The van der Waals surface area contributed by atoms with Gasteiger partial charge in [0.15, 0.2) is 0 Å². The highest BCUT2D eigenvalue weighted by Gasteiger charge is 2.14. The van der Waals surface area contributed by atoms with E-state index in [9.17, 15) is 0 Å². The zero-order valence-electron chi connectivity index (χ0n) is 17.3. The van der Waals surface area contributed by atoms with Crippen LogP contribution in [0.3, 0.4) is 0 Å². The molecule has 0 heterocycles. The number of rotatable bonds is 13. The molecular weight excluding hydrogens is 316 g/mol.